The molecule has 1 saturated heterocycles. The van der Waals surface area contributed by atoms with Crippen LogP contribution in [0.5, 0.6) is 0 Å². The van der Waals surface area contributed by atoms with Crippen LogP contribution in [0.4, 0.5) is 13.2 Å². The summed E-state index contributed by atoms with van der Waals surface area (Å²) >= 11 is 1.64. The van der Waals surface area contributed by atoms with Crippen LogP contribution >= 0.6 is 11.8 Å². The molecule has 1 aliphatic rings. The molecule has 0 saturated carbocycles. The Hall–Kier alpha value is -1.99. The molecule has 0 aromatic heterocycles. The highest BCUT2D eigenvalue weighted by Gasteiger charge is 2.30. The van der Waals surface area contributed by atoms with Crippen molar-refractivity contribution in [3.63, 3.8) is 0 Å². The Kier molecular flexibility index (Phi) is 6.67. The van der Waals surface area contributed by atoms with E-state index >= 15 is 0 Å². The zero-order valence-electron chi connectivity index (χ0n) is 15.7. The topological polar surface area (TPSA) is 23.6 Å². The van der Waals surface area contributed by atoms with Crippen molar-refractivity contribution < 1.29 is 18.0 Å². The van der Waals surface area contributed by atoms with Gasteiger partial charge in [-0.1, -0.05) is 12.1 Å². The Bertz CT molecular complexity index is 791. The van der Waals surface area contributed by atoms with Crippen molar-refractivity contribution in [1.29, 1.82) is 0 Å². The number of thioether (sulfide) groups is 1. The number of benzene rings is 2. The summed E-state index contributed by atoms with van der Waals surface area (Å²) in [4.78, 5) is 17.9. The van der Waals surface area contributed by atoms with E-state index in [1.54, 1.807) is 11.8 Å². The summed E-state index contributed by atoms with van der Waals surface area (Å²) in [5.74, 6) is 0.0315. The predicted molar refractivity (Wildman–Crippen MR) is 105 cm³/mol. The van der Waals surface area contributed by atoms with Crippen molar-refractivity contribution in [3.8, 4) is 0 Å². The SMILES string of the molecule is CSc1ccc(C(=O)N2CCCN(Cc3ccc(C(F)(F)F)cc3)CC2)cc1. The average molecular weight is 408 g/mol. The fourth-order valence-corrected chi connectivity index (χ4v) is 3.71. The van der Waals surface area contributed by atoms with Gasteiger partial charge in [-0.25, -0.2) is 0 Å². The molecule has 1 fully saturated rings. The first-order chi connectivity index (χ1) is 13.4. The first-order valence-electron chi connectivity index (χ1n) is 9.18. The van der Waals surface area contributed by atoms with Crippen molar-refractivity contribution in [2.24, 2.45) is 0 Å². The largest absolute Gasteiger partial charge is 0.416 e. The number of alkyl halides is 3. The van der Waals surface area contributed by atoms with Crippen LogP contribution in [-0.4, -0.2) is 48.1 Å². The molecular formula is C21H23F3N2OS. The standard InChI is InChI=1S/C21H23F3N2OS/c1-28-19-9-5-17(6-10-19)20(27)26-12-2-11-25(13-14-26)15-16-3-7-18(8-4-16)21(22,23)24/h3-10H,2,11-15H2,1H3. The van der Waals surface area contributed by atoms with Crippen LogP contribution in [0.15, 0.2) is 53.4 Å². The maximum atomic E-state index is 12.7. The fraction of sp³-hybridized carbons (Fsp3) is 0.381. The number of rotatable bonds is 4. The number of nitrogens with zero attached hydrogens (tertiary/aromatic N) is 2. The van der Waals surface area contributed by atoms with Gasteiger partial charge in [-0.2, -0.15) is 13.2 Å². The predicted octanol–water partition coefficient (Wildman–Crippen LogP) is 4.78. The van der Waals surface area contributed by atoms with Gasteiger partial charge in [-0.3, -0.25) is 9.69 Å². The van der Waals surface area contributed by atoms with Crippen LogP contribution in [-0.2, 0) is 12.7 Å². The molecule has 0 aliphatic carbocycles. The van der Waals surface area contributed by atoms with Crippen molar-refractivity contribution >= 4 is 17.7 Å². The van der Waals surface area contributed by atoms with Gasteiger partial charge in [-0.05, 0) is 54.6 Å². The second-order valence-corrected chi connectivity index (χ2v) is 7.72. The first kappa shape index (κ1) is 20.7. The maximum absolute atomic E-state index is 12.7. The minimum atomic E-state index is -4.31. The van der Waals surface area contributed by atoms with E-state index in [9.17, 15) is 18.0 Å². The second-order valence-electron chi connectivity index (χ2n) is 6.85. The number of carbonyl (C=O) groups is 1. The third kappa shape index (κ3) is 5.29. The van der Waals surface area contributed by atoms with Gasteiger partial charge in [0.05, 0.1) is 5.56 Å². The van der Waals surface area contributed by atoms with Gasteiger partial charge in [0.2, 0.25) is 0 Å². The van der Waals surface area contributed by atoms with Gasteiger partial charge in [0.25, 0.3) is 5.91 Å². The number of hydrogen-bond acceptors (Lipinski definition) is 3. The highest BCUT2D eigenvalue weighted by molar-refractivity contribution is 7.98. The lowest BCUT2D eigenvalue weighted by molar-refractivity contribution is -0.137. The average Bonchev–Trinajstić information content (AvgIpc) is 2.93. The highest BCUT2D eigenvalue weighted by Crippen LogP contribution is 2.29. The molecule has 2 aromatic carbocycles. The zero-order chi connectivity index (χ0) is 20.1. The fourth-order valence-electron chi connectivity index (χ4n) is 3.31. The third-order valence-corrected chi connectivity index (χ3v) is 5.64. The summed E-state index contributed by atoms with van der Waals surface area (Å²) in [7, 11) is 0. The van der Waals surface area contributed by atoms with Gasteiger partial charge in [0.1, 0.15) is 0 Å². The quantitative estimate of drug-likeness (QED) is 0.681. The van der Waals surface area contributed by atoms with E-state index in [2.05, 4.69) is 4.90 Å². The molecule has 3 rings (SSSR count). The molecule has 150 valence electrons. The van der Waals surface area contributed by atoms with E-state index in [0.29, 0.717) is 31.7 Å². The van der Waals surface area contributed by atoms with Crippen molar-refractivity contribution in [3.05, 3.63) is 65.2 Å². The highest BCUT2D eigenvalue weighted by atomic mass is 32.2. The number of amides is 1. The van der Waals surface area contributed by atoms with Gasteiger partial charge in [-0.15, -0.1) is 11.8 Å². The molecule has 2 aromatic rings. The maximum Gasteiger partial charge on any atom is 0.416 e. The minimum Gasteiger partial charge on any atom is -0.337 e. The molecule has 0 atom stereocenters. The van der Waals surface area contributed by atoms with Crippen molar-refractivity contribution in [2.75, 3.05) is 32.4 Å². The normalized spacial score (nSPS) is 16.1. The Balaban J connectivity index is 1.57. The first-order valence-corrected chi connectivity index (χ1v) is 10.4. The summed E-state index contributed by atoms with van der Waals surface area (Å²) < 4.78 is 38.1. The Morgan fingerprint density at radius 1 is 0.964 bits per heavy atom. The van der Waals surface area contributed by atoms with Crippen molar-refractivity contribution in [2.45, 2.75) is 24.0 Å². The van der Waals surface area contributed by atoms with Gasteiger partial charge < -0.3 is 4.90 Å². The third-order valence-electron chi connectivity index (χ3n) is 4.90. The van der Waals surface area contributed by atoms with Crippen LogP contribution in [0.25, 0.3) is 0 Å². The molecule has 7 heteroatoms. The molecule has 1 amide bonds. The van der Waals surface area contributed by atoms with E-state index in [1.807, 2.05) is 35.4 Å². The summed E-state index contributed by atoms with van der Waals surface area (Å²) in [6.07, 6.45) is -1.47. The van der Waals surface area contributed by atoms with Gasteiger partial charge in [0.15, 0.2) is 0 Å². The Labute approximate surface area is 167 Å². The molecule has 1 heterocycles. The lowest BCUT2D eigenvalue weighted by atomic mass is 10.1. The van der Waals surface area contributed by atoms with Crippen LogP contribution in [0.1, 0.15) is 27.9 Å². The summed E-state index contributed by atoms with van der Waals surface area (Å²) in [5.41, 5.74) is 0.908. The number of hydrogen-bond donors (Lipinski definition) is 0. The summed E-state index contributed by atoms with van der Waals surface area (Å²) in [6, 6.07) is 12.9. The number of carbonyl (C=O) groups excluding carboxylic acids is 1. The lowest BCUT2D eigenvalue weighted by Crippen LogP contribution is -2.35. The van der Waals surface area contributed by atoms with Crippen LogP contribution in [0.3, 0.4) is 0 Å². The van der Waals surface area contributed by atoms with E-state index < -0.39 is 11.7 Å². The molecule has 0 bridgehead atoms. The van der Waals surface area contributed by atoms with E-state index in [0.717, 1.165) is 35.6 Å². The monoisotopic (exact) mass is 408 g/mol. The molecule has 3 nitrogen and oxygen atoms in total. The molecular weight excluding hydrogens is 385 g/mol. The van der Waals surface area contributed by atoms with Crippen molar-refractivity contribution in [1.82, 2.24) is 9.80 Å². The van der Waals surface area contributed by atoms with E-state index in [-0.39, 0.29) is 5.91 Å². The molecule has 1 aliphatic heterocycles. The van der Waals surface area contributed by atoms with Crippen LogP contribution < -0.4 is 0 Å². The minimum absolute atomic E-state index is 0.0315. The summed E-state index contributed by atoms with van der Waals surface area (Å²) in [6.45, 7) is 3.41. The van der Waals surface area contributed by atoms with E-state index in [4.69, 9.17) is 0 Å². The van der Waals surface area contributed by atoms with Crippen LogP contribution in [0.2, 0.25) is 0 Å². The van der Waals surface area contributed by atoms with Gasteiger partial charge in [0, 0.05) is 43.2 Å². The Morgan fingerprint density at radius 3 is 2.25 bits per heavy atom. The molecule has 0 spiro atoms. The molecule has 28 heavy (non-hydrogen) atoms. The lowest BCUT2D eigenvalue weighted by Gasteiger charge is -2.22. The molecule has 0 N–H and O–H groups in total. The smallest absolute Gasteiger partial charge is 0.337 e. The van der Waals surface area contributed by atoms with Gasteiger partial charge >= 0.3 is 6.18 Å². The Morgan fingerprint density at radius 2 is 1.64 bits per heavy atom. The molecule has 0 unspecified atom stereocenters. The van der Waals surface area contributed by atoms with E-state index in [1.165, 1.54) is 12.1 Å². The van der Waals surface area contributed by atoms with Crippen LogP contribution in [0, 0.1) is 0 Å². The number of halogens is 3. The molecule has 0 radical (unpaired) electrons. The summed E-state index contributed by atoms with van der Waals surface area (Å²) in [5, 5.41) is 0. The second kappa shape index (κ2) is 9.01. The zero-order valence-corrected chi connectivity index (χ0v) is 16.5.